The highest BCUT2D eigenvalue weighted by atomic mass is 35.5. The highest BCUT2D eigenvalue weighted by molar-refractivity contribution is 8.00. The molecule has 2 aromatic carbocycles. The number of carbonyl (C=O) groups excluding carboxylic acids is 2. The van der Waals surface area contributed by atoms with Gasteiger partial charge in [0.05, 0.1) is 29.2 Å². The highest BCUT2D eigenvalue weighted by Crippen LogP contribution is 2.32. The van der Waals surface area contributed by atoms with E-state index < -0.39 is 17.8 Å². The minimum Gasteiger partial charge on any atom is -0.495 e. The summed E-state index contributed by atoms with van der Waals surface area (Å²) >= 11 is 7.53. The summed E-state index contributed by atoms with van der Waals surface area (Å²) in [4.78, 5) is 37.9. The number of anilines is 2. The monoisotopic (exact) mass is 502 g/mol. The fourth-order valence-corrected chi connectivity index (χ4v) is 4.98. The number of carboxylic acid groups (broad SMARTS) is 1. The molecule has 3 rings (SSSR count). The van der Waals surface area contributed by atoms with Gasteiger partial charge < -0.3 is 20.5 Å². The number of ether oxygens (including phenoxy) is 1. The maximum Gasteiger partial charge on any atom is 0.307 e. The van der Waals surface area contributed by atoms with Crippen LogP contribution in [-0.2, 0) is 14.4 Å². The molecule has 0 aromatic heterocycles. The Balaban J connectivity index is 1.65. The maximum absolute atomic E-state index is 12.8. The minimum atomic E-state index is -0.969. The van der Waals surface area contributed by atoms with Crippen molar-refractivity contribution in [3.05, 3.63) is 59.6 Å². The van der Waals surface area contributed by atoms with Gasteiger partial charge in [-0.05, 0) is 55.7 Å². The summed E-state index contributed by atoms with van der Waals surface area (Å²) < 4.78 is 5.14. The van der Waals surface area contributed by atoms with Gasteiger partial charge in [-0.25, -0.2) is 0 Å². The van der Waals surface area contributed by atoms with Crippen molar-refractivity contribution >= 4 is 52.5 Å². The van der Waals surface area contributed by atoms with Crippen LogP contribution >= 0.6 is 23.4 Å². The Morgan fingerprint density at radius 2 is 1.79 bits per heavy atom. The third kappa shape index (κ3) is 6.55. The van der Waals surface area contributed by atoms with Gasteiger partial charge in [0, 0.05) is 16.3 Å². The number of hydrogen-bond donors (Lipinski definition) is 3. The third-order valence-corrected chi connectivity index (χ3v) is 7.20. The average Bonchev–Trinajstić information content (AvgIpc) is 2.82. The summed E-state index contributed by atoms with van der Waals surface area (Å²) in [6, 6.07) is 12.2. The Bertz CT molecular complexity index is 1090. The van der Waals surface area contributed by atoms with Crippen LogP contribution in [0.3, 0.4) is 0 Å². The number of nitrogens with one attached hydrogen (secondary N) is 2. The molecule has 3 atom stereocenters. The van der Waals surface area contributed by atoms with Crippen LogP contribution in [0.4, 0.5) is 11.4 Å². The van der Waals surface area contributed by atoms with Crippen LogP contribution in [0.15, 0.2) is 59.5 Å². The number of hydrogen-bond acceptors (Lipinski definition) is 5. The van der Waals surface area contributed by atoms with Gasteiger partial charge in [0.15, 0.2) is 0 Å². The number of halogens is 1. The molecular weight excluding hydrogens is 476 g/mol. The summed E-state index contributed by atoms with van der Waals surface area (Å²) in [5, 5.41) is 15.2. The Kier molecular flexibility index (Phi) is 9.01. The summed E-state index contributed by atoms with van der Waals surface area (Å²) in [6.45, 7) is 1.92. The molecule has 180 valence electrons. The zero-order valence-electron chi connectivity index (χ0n) is 18.9. The van der Waals surface area contributed by atoms with E-state index in [1.807, 2.05) is 19.1 Å². The van der Waals surface area contributed by atoms with Crippen molar-refractivity contribution < 1.29 is 24.2 Å². The van der Waals surface area contributed by atoms with Crippen molar-refractivity contribution in [2.24, 2.45) is 11.8 Å². The standard InChI is InChI=1S/C25H27ClN2O5S/c1-3-22(24(30)28-16-11-12-21(33-2)20(26)14-16)34-17-8-6-7-15(13-17)27-23(29)18-9-4-5-10-19(18)25(31)32/h4-8,11-14,18-19,22H,3,9-10H2,1-2H3,(H,27,29)(H,28,30)(H,31,32). The van der Waals surface area contributed by atoms with Crippen molar-refractivity contribution in [1.29, 1.82) is 0 Å². The lowest BCUT2D eigenvalue weighted by atomic mass is 9.82. The normalized spacial score (nSPS) is 18.1. The minimum absolute atomic E-state index is 0.165. The van der Waals surface area contributed by atoms with Crippen LogP contribution in [0.2, 0.25) is 5.02 Å². The lowest BCUT2D eigenvalue weighted by Gasteiger charge is -2.24. The van der Waals surface area contributed by atoms with Crippen molar-refractivity contribution in [2.45, 2.75) is 36.3 Å². The van der Waals surface area contributed by atoms with E-state index in [1.165, 1.54) is 18.9 Å². The molecule has 0 saturated heterocycles. The molecule has 0 spiro atoms. The lowest BCUT2D eigenvalue weighted by molar-refractivity contribution is -0.146. The number of methoxy groups -OCH3 is 1. The third-order valence-electron chi connectivity index (χ3n) is 5.55. The fourth-order valence-electron chi connectivity index (χ4n) is 3.71. The lowest BCUT2D eigenvalue weighted by Crippen LogP contribution is -2.34. The average molecular weight is 503 g/mol. The first-order valence-corrected chi connectivity index (χ1v) is 12.2. The molecule has 3 N–H and O–H groups in total. The van der Waals surface area contributed by atoms with Crippen molar-refractivity contribution in [3.63, 3.8) is 0 Å². The second-order valence-electron chi connectivity index (χ2n) is 7.86. The Hall–Kier alpha value is -2.97. The molecule has 0 radical (unpaired) electrons. The maximum atomic E-state index is 12.8. The number of benzene rings is 2. The van der Waals surface area contributed by atoms with Gasteiger partial charge in [0.1, 0.15) is 5.75 Å². The molecule has 9 heteroatoms. The zero-order valence-corrected chi connectivity index (χ0v) is 20.5. The molecule has 34 heavy (non-hydrogen) atoms. The molecule has 3 unspecified atom stereocenters. The van der Waals surface area contributed by atoms with Crippen LogP contribution in [0, 0.1) is 11.8 Å². The molecule has 0 aliphatic heterocycles. The highest BCUT2D eigenvalue weighted by Gasteiger charge is 2.34. The van der Waals surface area contributed by atoms with Crippen molar-refractivity contribution in [3.8, 4) is 5.75 Å². The molecule has 1 aliphatic carbocycles. The number of amides is 2. The number of allylic oxidation sites excluding steroid dienone is 2. The molecule has 0 bridgehead atoms. The van der Waals surface area contributed by atoms with E-state index >= 15 is 0 Å². The topological polar surface area (TPSA) is 105 Å². The first-order valence-electron chi connectivity index (χ1n) is 10.9. The molecular formula is C25H27ClN2O5S. The Morgan fingerprint density at radius 1 is 1.09 bits per heavy atom. The quantitative estimate of drug-likeness (QED) is 0.310. The molecule has 1 aliphatic rings. The van der Waals surface area contributed by atoms with Crippen molar-refractivity contribution in [1.82, 2.24) is 0 Å². The van der Waals surface area contributed by atoms with Crippen LogP contribution in [0.5, 0.6) is 5.75 Å². The largest absolute Gasteiger partial charge is 0.495 e. The predicted molar refractivity (Wildman–Crippen MR) is 135 cm³/mol. The summed E-state index contributed by atoms with van der Waals surface area (Å²) in [5.41, 5.74) is 1.14. The zero-order chi connectivity index (χ0) is 24.7. The van der Waals surface area contributed by atoms with Gasteiger partial charge in [0.25, 0.3) is 0 Å². The Morgan fingerprint density at radius 3 is 2.44 bits per heavy atom. The van der Waals surface area contributed by atoms with E-state index in [2.05, 4.69) is 10.6 Å². The van der Waals surface area contributed by atoms with E-state index in [-0.39, 0.29) is 17.1 Å². The first kappa shape index (κ1) is 25.6. The first-order chi connectivity index (χ1) is 16.3. The Labute approximate surface area is 207 Å². The van der Waals surface area contributed by atoms with Gasteiger partial charge in [-0.1, -0.05) is 36.7 Å². The van der Waals surface area contributed by atoms with Crippen LogP contribution in [0.25, 0.3) is 0 Å². The fraction of sp³-hybridized carbons (Fsp3) is 0.320. The van der Waals surface area contributed by atoms with Gasteiger partial charge in [-0.2, -0.15) is 0 Å². The van der Waals surface area contributed by atoms with E-state index in [4.69, 9.17) is 16.3 Å². The van der Waals surface area contributed by atoms with Gasteiger partial charge >= 0.3 is 5.97 Å². The number of rotatable bonds is 9. The van der Waals surface area contributed by atoms with Crippen LogP contribution < -0.4 is 15.4 Å². The predicted octanol–water partition coefficient (Wildman–Crippen LogP) is 5.46. The summed E-state index contributed by atoms with van der Waals surface area (Å²) in [5.74, 6) is -2.28. The second kappa shape index (κ2) is 11.9. The molecule has 0 fully saturated rings. The summed E-state index contributed by atoms with van der Waals surface area (Å²) in [7, 11) is 1.52. The van der Waals surface area contributed by atoms with Crippen molar-refractivity contribution in [2.75, 3.05) is 17.7 Å². The number of carboxylic acids is 1. The molecule has 7 nitrogen and oxygen atoms in total. The van der Waals surface area contributed by atoms with E-state index in [0.29, 0.717) is 41.4 Å². The second-order valence-corrected chi connectivity index (χ2v) is 9.55. The van der Waals surface area contributed by atoms with E-state index in [0.717, 1.165) is 4.90 Å². The molecule has 2 aromatic rings. The van der Waals surface area contributed by atoms with Gasteiger partial charge in [0.2, 0.25) is 11.8 Å². The van der Waals surface area contributed by atoms with Crippen LogP contribution in [0.1, 0.15) is 26.2 Å². The number of carbonyl (C=O) groups is 3. The number of thioether (sulfide) groups is 1. The van der Waals surface area contributed by atoms with Gasteiger partial charge in [-0.3, -0.25) is 14.4 Å². The van der Waals surface area contributed by atoms with E-state index in [9.17, 15) is 19.5 Å². The molecule has 0 heterocycles. The number of aliphatic carboxylic acids is 1. The SMILES string of the molecule is CCC(Sc1cccc(NC(=O)C2CC=CCC2C(=O)O)c1)C(=O)Nc1ccc(OC)c(Cl)c1. The molecule has 0 saturated carbocycles. The summed E-state index contributed by atoms with van der Waals surface area (Å²) in [6.07, 6.45) is 4.97. The smallest absolute Gasteiger partial charge is 0.307 e. The van der Waals surface area contributed by atoms with Gasteiger partial charge in [-0.15, -0.1) is 11.8 Å². The van der Waals surface area contributed by atoms with Crippen LogP contribution in [-0.4, -0.2) is 35.2 Å². The molecule has 2 amide bonds. The van der Waals surface area contributed by atoms with E-state index in [1.54, 1.807) is 42.5 Å².